The number of aromatic amines is 1. The number of nitrogens with zero attached hydrogens (tertiary/aromatic N) is 2. The Morgan fingerprint density at radius 2 is 1.72 bits per heavy atom. The van der Waals surface area contributed by atoms with Gasteiger partial charge in [0.05, 0.1) is 22.5 Å². The lowest BCUT2D eigenvalue weighted by molar-refractivity contribution is -0.135. The first-order valence-electron chi connectivity index (χ1n) is 22.1. The number of rotatable bonds is 19. The van der Waals surface area contributed by atoms with Gasteiger partial charge in [-0.1, -0.05) is 62.6 Å². The predicted octanol–water partition coefficient (Wildman–Crippen LogP) is 3.03. The molecule has 0 radical (unpaired) electrons. The van der Waals surface area contributed by atoms with E-state index in [0.29, 0.717) is 40.4 Å². The number of H-pyrrole nitrogens is 1. The zero-order valence-corrected chi connectivity index (χ0v) is 39.0. The third-order valence-corrected chi connectivity index (χ3v) is 15.3. The van der Waals surface area contributed by atoms with E-state index in [9.17, 15) is 37.2 Å². The highest BCUT2D eigenvalue weighted by Crippen LogP contribution is 2.37. The number of sulfonamides is 1. The molecule has 1 aliphatic carbocycles. The summed E-state index contributed by atoms with van der Waals surface area (Å²) in [5.74, 6) is -2.68. The molecule has 5 atom stereocenters. The van der Waals surface area contributed by atoms with Gasteiger partial charge in [-0.05, 0) is 74.1 Å². The van der Waals surface area contributed by atoms with Gasteiger partial charge >= 0.3 is 6.03 Å². The fraction of sp³-hybridized carbons (Fsp3) is 0.422. The number of aromatic nitrogens is 2. The second kappa shape index (κ2) is 20.0. The van der Waals surface area contributed by atoms with E-state index in [-0.39, 0.29) is 53.4 Å². The van der Waals surface area contributed by atoms with Gasteiger partial charge in [0, 0.05) is 45.5 Å². The lowest BCUT2D eigenvalue weighted by atomic mass is 10.0. The van der Waals surface area contributed by atoms with Crippen molar-refractivity contribution in [3.8, 4) is 17.0 Å². The Morgan fingerprint density at radius 1 is 0.955 bits per heavy atom. The highest BCUT2D eigenvalue weighted by molar-refractivity contribution is 8.00. The number of carbonyl (C=O) groups excluding carboxylic acids is 6. The van der Waals surface area contributed by atoms with Crippen molar-refractivity contribution in [2.24, 2.45) is 10.9 Å². The first kappa shape index (κ1) is 47.3. The van der Waals surface area contributed by atoms with Crippen molar-refractivity contribution in [2.45, 2.75) is 98.6 Å². The fourth-order valence-electron chi connectivity index (χ4n) is 8.39. The predicted molar refractivity (Wildman–Crippen MR) is 251 cm³/mol. The van der Waals surface area contributed by atoms with E-state index in [1.807, 2.05) is 11.8 Å². The molecule has 354 valence electrons. The zero-order valence-electron chi connectivity index (χ0n) is 36.6. The lowest BCUT2D eigenvalue weighted by Gasteiger charge is -2.24. The summed E-state index contributed by atoms with van der Waals surface area (Å²) in [6.07, 6.45) is 3.39. The van der Waals surface area contributed by atoms with Crippen LogP contribution in [-0.4, -0.2) is 114 Å². The Kier molecular flexibility index (Phi) is 14.1. The number of ether oxygens (including phenoxy) is 1. The van der Waals surface area contributed by atoms with Crippen LogP contribution in [0.5, 0.6) is 5.75 Å². The fourth-order valence-corrected chi connectivity index (χ4v) is 11.3. The normalized spacial score (nSPS) is 21.0. The molecule has 3 fully saturated rings. The molecule has 2 saturated heterocycles. The number of carbonyl (C=O) groups is 6. The summed E-state index contributed by atoms with van der Waals surface area (Å²) in [6.45, 7) is 2.51. The molecule has 4 heterocycles. The number of unbranched alkanes of at least 4 members (excludes halogenated alkanes) is 2. The third kappa shape index (κ3) is 10.8. The van der Waals surface area contributed by atoms with Crippen molar-refractivity contribution in [1.82, 2.24) is 46.8 Å². The number of amidine groups is 1. The molecule has 1 saturated carbocycles. The molecule has 1 aromatic heterocycles. The quantitative estimate of drug-likeness (QED) is 0.0500. The number of imide groups is 1. The summed E-state index contributed by atoms with van der Waals surface area (Å²) < 4.78 is 33.9. The highest BCUT2D eigenvalue weighted by atomic mass is 35.5. The molecule has 8 N–H and O–H groups in total. The molecule has 3 aliphatic heterocycles. The van der Waals surface area contributed by atoms with Crippen LogP contribution in [0, 0.1) is 5.92 Å². The highest BCUT2D eigenvalue weighted by Gasteiger charge is 2.52. The number of benzene rings is 3. The molecule has 4 aromatic rings. The first-order valence-corrected chi connectivity index (χ1v) is 25.0. The Bertz CT molecular complexity index is 2740. The Hall–Kier alpha value is -6.19. The number of fused-ring (bicyclic) bond motifs is 3. The molecule has 0 spiro atoms. The summed E-state index contributed by atoms with van der Waals surface area (Å²) in [5.41, 5.74) is 0.839. The van der Waals surface area contributed by atoms with Crippen LogP contribution >= 0.6 is 23.4 Å². The van der Waals surface area contributed by atoms with Gasteiger partial charge in [-0.15, -0.1) is 0 Å². The van der Waals surface area contributed by atoms with Crippen molar-refractivity contribution in [2.75, 3.05) is 18.9 Å². The van der Waals surface area contributed by atoms with Crippen molar-refractivity contribution < 1.29 is 41.9 Å². The maximum atomic E-state index is 14.0. The first-order chi connectivity index (χ1) is 32.1. The molecule has 8 rings (SSSR count). The molecule has 67 heavy (non-hydrogen) atoms. The number of amides is 7. The number of thioether (sulfide) groups is 1. The van der Waals surface area contributed by atoms with E-state index in [0.717, 1.165) is 29.5 Å². The maximum absolute atomic E-state index is 14.0. The molecular formula is C45H51ClN10O9S2. The molecule has 22 heteroatoms. The van der Waals surface area contributed by atoms with Crippen LogP contribution in [0.15, 0.2) is 76.6 Å². The number of hydrogen-bond donors (Lipinski definition) is 8. The topological polar surface area (TPSA) is 271 Å². The Labute approximate surface area is 395 Å². The molecule has 2 unspecified atom stereocenters. The zero-order chi connectivity index (χ0) is 47.5. The van der Waals surface area contributed by atoms with Crippen molar-refractivity contribution in [1.29, 1.82) is 0 Å². The standard InChI is InChI=1S/C45H51ClN10O9S2/c1-24(2)37(51-40-27-11-7-9-14-34(27)67(63,64)56-40)42(60)47-21-30(41(59)50-35(57)15-5-3-4-13-33-39-31(23-66-33)49-44(62)52-39)48-43(61)45(18-19-45)53-36(58)22-65-32-12-8-6-10-26(32)38-28-20-25(46)16-17-29(28)54-55-38/h6-12,14,16-17,20,24,30-31,33,37,39H,3-5,13,15,18-19,21-23H2,1-2H3,(H,47,60)(H,48,61)(H,51,56)(H,53,58)(H,54,55)(H2,49,52,62)(H,50,57,59)/t30?,31-,33-,37?,39-/m0/s1. The second-order valence-corrected chi connectivity index (χ2v) is 20.7. The molecule has 3 aromatic carbocycles. The number of aliphatic imine (C=N–C) groups is 1. The minimum Gasteiger partial charge on any atom is -0.483 e. The Balaban J connectivity index is 0.902. The van der Waals surface area contributed by atoms with Crippen LogP contribution in [0.4, 0.5) is 4.79 Å². The average molecular weight is 976 g/mol. The average Bonchev–Trinajstić information content (AvgIpc) is 3.49. The van der Waals surface area contributed by atoms with Crippen molar-refractivity contribution in [3.63, 3.8) is 0 Å². The molecule has 7 amide bonds. The van der Waals surface area contributed by atoms with Crippen molar-refractivity contribution in [3.05, 3.63) is 77.3 Å². The van der Waals surface area contributed by atoms with Gasteiger partial charge < -0.3 is 31.3 Å². The van der Waals surface area contributed by atoms with Gasteiger partial charge in [-0.3, -0.25) is 44.1 Å². The van der Waals surface area contributed by atoms with Gasteiger partial charge in [-0.2, -0.15) is 16.9 Å². The van der Waals surface area contributed by atoms with Gasteiger partial charge in [0.15, 0.2) is 6.61 Å². The summed E-state index contributed by atoms with van der Waals surface area (Å²) in [5, 5.41) is 25.3. The number of halogens is 1. The molecule has 19 nitrogen and oxygen atoms in total. The van der Waals surface area contributed by atoms with Crippen LogP contribution < -0.4 is 41.4 Å². The minimum atomic E-state index is -3.90. The van der Waals surface area contributed by atoms with E-state index in [4.69, 9.17) is 16.3 Å². The lowest BCUT2D eigenvalue weighted by Crippen LogP contribution is -2.59. The monoisotopic (exact) mass is 974 g/mol. The van der Waals surface area contributed by atoms with Crippen LogP contribution in [0.3, 0.4) is 0 Å². The van der Waals surface area contributed by atoms with Crippen LogP contribution in [-0.2, 0) is 34.0 Å². The van der Waals surface area contributed by atoms with E-state index in [1.54, 1.807) is 74.5 Å². The smallest absolute Gasteiger partial charge is 0.315 e. The summed E-state index contributed by atoms with van der Waals surface area (Å²) in [7, 11) is -3.90. The molecule has 4 aliphatic rings. The van der Waals surface area contributed by atoms with Crippen LogP contribution in [0.1, 0.15) is 64.4 Å². The van der Waals surface area contributed by atoms with Crippen LogP contribution in [0.25, 0.3) is 22.2 Å². The largest absolute Gasteiger partial charge is 0.483 e. The summed E-state index contributed by atoms with van der Waals surface area (Å²) in [4.78, 5) is 84.2. The van der Waals surface area contributed by atoms with Crippen molar-refractivity contribution >= 4 is 85.7 Å². The second-order valence-electron chi connectivity index (χ2n) is 17.4. The Morgan fingerprint density at radius 3 is 2.49 bits per heavy atom. The summed E-state index contributed by atoms with van der Waals surface area (Å²) >= 11 is 8.07. The summed E-state index contributed by atoms with van der Waals surface area (Å²) in [6, 6.07) is 16.0. The number of urea groups is 1. The van der Waals surface area contributed by atoms with E-state index >= 15 is 0 Å². The number of para-hydroxylation sites is 1. The maximum Gasteiger partial charge on any atom is 0.315 e. The minimum absolute atomic E-state index is 0.00965. The van der Waals surface area contributed by atoms with Gasteiger partial charge in [0.25, 0.3) is 21.8 Å². The van der Waals surface area contributed by atoms with E-state index in [1.165, 1.54) is 6.07 Å². The molecule has 0 bridgehead atoms. The number of hydrogen-bond acceptors (Lipinski definition) is 12. The van der Waals surface area contributed by atoms with Gasteiger partial charge in [0.2, 0.25) is 17.7 Å². The number of nitrogens with one attached hydrogen (secondary N) is 8. The SMILES string of the molecule is CC(C)C(N=C1NS(=O)(=O)c2ccccc21)C(=O)NCC(NC(=O)C1(NC(=O)COc2ccccc2-c2n[nH]c3ccc(Cl)cc23)CC1)C(=O)NC(=O)CCCCC[C@@H]1SC[C@@H]2NC(=O)N[C@@H]21. The third-order valence-electron chi connectivity index (χ3n) is 12.1. The van der Waals surface area contributed by atoms with E-state index < -0.39 is 76.3 Å². The van der Waals surface area contributed by atoms with Crippen LogP contribution in [0.2, 0.25) is 5.02 Å². The van der Waals surface area contributed by atoms with E-state index in [2.05, 4.69) is 51.8 Å². The van der Waals surface area contributed by atoms with Gasteiger partial charge in [-0.25, -0.2) is 13.2 Å². The molecular weight excluding hydrogens is 924 g/mol. The van der Waals surface area contributed by atoms with Gasteiger partial charge in [0.1, 0.15) is 34.9 Å².